The number of aromatic nitrogens is 3. The van der Waals surface area contributed by atoms with Gasteiger partial charge in [-0.2, -0.15) is 8.78 Å². The molecule has 1 saturated carbocycles. The minimum absolute atomic E-state index is 0.00657. The number of hydrogen-bond acceptors (Lipinski definition) is 6. The van der Waals surface area contributed by atoms with Crippen LogP contribution in [0.25, 0.3) is 0 Å². The maximum Gasteiger partial charge on any atom is 0.387 e. The SMILES string of the molecule is O=C(c1ccc(OC(F)F)cc1)C1Sc2nnc(C3CCCCC3)n2NC1c1ccc(Cl)cc1. The molecule has 0 spiro atoms. The second-order valence-corrected chi connectivity index (χ2v) is 10.0. The topological polar surface area (TPSA) is 69.0 Å². The van der Waals surface area contributed by atoms with Crippen LogP contribution < -0.4 is 10.2 Å². The van der Waals surface area contributed by atoms with E-state index in [2.05, 4.69) is 20.4 Å². The number of nitrogens with one attached hydrogen (secondary N) is 1. The number of nitrogens with zero attached hydrogens (tertiary/aromatic N) is 3. The fraction of sp³-hybridized carbons (Fsp3) is 0.375. The molecule has 0 bridgehead atoms. The van der Waals surface area contributed by atoms with Crippen molar-refractivity contribution in [2.75, 3.05) is 5.43 Å². The first-order valence-electron chi connectivity index (χ1n) is 11.2. The maximum absolute atomic E-state index is 13.6. The molecule has 34 heavy (non-hydrogen) atoms. The molecular weight excluding hydrogens is 482 g/mol. The third kappa shape index (κ3) is 4.77. The molecule has 2 unspecified atom stereocenters. The van der Waals surface area contributed by atoms with Gasteiger partial charge in [0.25, 0.3) is 0 Å². The monoisotopic (exact) mass is 504 g/mol. The molecule has 2 aliphatic rings. The van der Waals surface area contributed by atoms with Gasteiger partial charge in [-0.1, -0.05) is 54.8 Å². The summed E-state index contributed by atoms with van der Waals surface area (Å²) in [7, 11) is 0. The first kappa shape index (κ1) is 23.1. The number of ketones is 1. The van der Waals surface area contributed by atoms with Crippen molar-refractivity contribution in [3.8, 4) is 5.75 Å². The maximum atomic E-state index is 13.6. The number of benzene rings is 2. The Hall–Kier alpha value is -2.65. The molecule has 1 aromatic heterocycles. The standard InChI is InChI=1S/C24H23ClF2N4O2S/c25-17-10-6-14(7-11-17)19-21(20(32)15-8-12-18(13-9-15)33-23(26)27)34-24-29-28-22(31(24)30-19)16-4-2-1-3-5-16/h6-13,16,19,21,23,30H,1-5H2. The normalized spacial score (nSPS) is 20.6. The lowest BCUT2D eigenvalue weighted by molar-refractivity contribution is -0.0498. The van der Waals surface area contributed by atoms with Crippen molar-refractivity contribution in [1.82, 2.24) is 14.9 Å². The van der Waals surface area contributed by atoms with Gasteiger partial charge < -0.3 is 10.2 Å². The molecule has 178 valence electrons. The molecular formula is C24H23ClF2N4O2S. The van der Waals surface area contributed by atoms with Crippen molar-refractivity contribution >= 4 is 29.1 Å². The van der Waals surface area contributed by atoms with E-state index in [1.54, 1.807) is 12.1 Å². The highest BCUT2D eigenvalue weighted by Crippen LogP contribution is 2.41. The largest absolute Gasteiger partial charge is 0.435 e. The Balaban J connectivity index is 1.47. The number of carbonyl (C=O) groups is 1. The van der Waals surface area contributed by atoms with Gasteiger partial charge in [-0.15, -0.1) is 10.2 Å². The molecule has 1 aliphatic carbocycles. The van der Waals surface area contributed by atoms with Crippen LogP contribution in [0.1, 0.15) is 65.8 Å². The van der Waals surface area contributed by atoms with Crippen LogP contribution in [-0.4, -0.2) is 32.5 Å². The molecule has 10 heteroatoms. The highest BCUT2D eigenvalue weighted by molar-refractivity contribution is 8.00. The van der Waals surface area contributed by atoms with Gasteiger partial charge in [0, 0.05) is 16.5 Å². The van der Waals surface area contributed by atoms with Crippen molar-refractivity contribution in [1.29, 1.82) is 0 Å². The van der Waals surface area contributed by atoms with E-state index < -0.39 is 11.9 Å². The highest BCUT2D eigenvalue weighted by atomic mass is 35.5. The molecule has 0 amide bonds. The van der Waals surface area contributed by atoms with Gasteiger partial charge >= 0.3 is 6.61 Å². The summed E-state index contributed by atoms with van der Waals surface area (Å²) in [4.78, 5) is 13.6. The quantitative estimate of drug-likeness (QED) is 0.402. The number of alkyl halides is 2. The fourth-order valence-electron chi connectivity index (χ4n) is 4.58. The van der Waals surface area contributed by atoms with E-state index >= 15 is 0 Å². The number of carbonyl (C=O) groups excluding carboxylic acids is 1. The number of rotatable bonds is 6. The first-order chi connectivity index (χ1) is 16.5. The van der Waals surface area contributed by atoms with Gasteiger partial charge in [0.2, 0.25) is 5.16 Å². The summed E-state index contributed by atoms with van der Waals surface area (Å²) in [6.07, 6.45) is 5.74. The van der Waals surface area contributed by atoms with Gasteiger partial charge in [0.1, 0.15) is 11.0 Å². The summed E-state index contributed by atoms with van der Waals surface area (Å²) in [6.45, 7) is -2.92. The minimum atomic E-state index is -2.92. The van der Waals surface area contributed by atoms with Crippen molar-refractivity contribution in [2.45, 2.75) is 61.1 Å². The van der Waals surface area contributed by atoms with E-state index in [1.807, 2.05) is 16.8 Å². The molecule has 1 fully saturated rings. The van der Waals surface area contributed by atoms with E-state index in [0.717, 1.165) is 24.2 Å². The van der Waals surface area contributed by atoms with Crippen LogP contribution in [0.15, 0.2) is 53.7 Å². The van der Waals surface area contributed by atoms with E-state index in [1.165, 1.54) is 55.3 Å². The number of Topliss-reactive ketones (excluding diaryl/α,β-unsaturated/α-hetero) is 1. The Bertz CT molecular complexity index is 1150. The van der Waals surface area contributed by atoms with Gasteiger partial charge in [0.05, 0.1) is 6.04 Å². The molecule has 3 aromatic rings. The fourth-order valence-corrected chi connectivity index (χ4v) is 5.87. The van der Waals surface area contributed by atoms with E-state index in [4.69, 9.17) is 11.6 Å². The number of halogens is 3. The summed E-state index contributed by atoms with van der Waals surface area (Å²) in [5, 5.41) is 9.57. The second-order valence-electron chi connectivity index (χ2n) is 8.48. The molecule has 5 rings (SSSR count). The molecule has 2 aromatic carbocycles. The predicted molar refractivity (Wildman–Crippen MR) is 126 cm³/mol. The van der Waals surface area contributed by atoms with Crippen molar-refractivity contribution in [2.24, 2.45) is 0 Å². The lowest BCUT2D eigenvalue weighted by atomic mass is 9.89. The Kier molecular flexibility index (Phi) is 6.74. The Morgan fingerprint density at radius 2 is 1.76 bits per heavy atom. The average Bonchev–Trinajstić information content (AvgIpc) is 3.27. The van der Waals surface area contributed by atoms with Crippen molar-refractivity contribution in [3.05, 3.63) is 70.5 Å². The zero-order chi connectivity index (χ0) is 23.7. The third-order valence-electron chi connectivity index (χ3n) is 6.28. The number of ether oxygens (including phenoxy) is 1. The average molecular weight is 505 g/mol. The Morgan fingerprint density at radius 1 is 1.06 bits per heavy atom. The molecule has 0 radical (unpaired) electrons. The second kappa shape index (κ2) is 9.92. The van der Waals surface area contributed by atoms with Gasteiger partial charge in [-0.3, -0.25) is 4.79 Å². The van der Waals surface area contributed by atoms with Crippen molar-refractivity contribution in [3.63, 3.8) is 0 Å². The van der Waals surface area contributed by atoms with Crippen LogP contribution >= 0.6 is 23.4 Å². The highest BCUT2D eigenvalue weighted by Gasteiger charge is 2.39. The predicted octanol–water partition coefficient (Wildman–Crippen LogP) is 6.22. The van der Waals surface area contributed by atoms with Crippen LogP contribution in [0.5, 0.6) is 5.75 Å². The van der Waals surface area contributed by atoms with Crippen LogP contribution in [0.4, 0.5) is 8.78 Å². The zero-order valence-electron chi connectivity index (χ0n) is 18.2. The number of hydrogen-bond donors (Lipinski definition) is 1. The number of thioether (sulfide) groups is 1. The smallest absolute Gasteiger partial charge is 0.387 e. The minimum Gasteiger partial charge on any atom is -0.435 e. The third-order valence-corrected chi connectivity index (χ3v) is 7.75. The molecule has 0 saturated heterocycles. The van der Waals surface area contributed by atoms with Crippen LogP contribution in [0, 0.1) is 0 Å². The Morgan fingerprint density at radius 3 is 2.44 bits per heavy atom. The summed E-state index contributed by atoms with van der Waals surface area (Å²) in [5.41, 5.74) is 4.81. The summed E-state index contributed by atoms with van der Waals surface area (Å²) in [5.74, 6) is 1.10. The van der Waals surface area contributed by atoms with Crippen molar-refractivity contribution < 1.29 is 18.3 Å². The summed E-state index contributed by atoms with van der Waals surface area (Å²) >= 11 is 7.46. The lowest BCUT2D eigenvalue weighted by Crippen LogP contribution is -2.39. The Labute approximate surface area is 205 Å². The molecule has 6 nitrogen and oxygen atoms in total. The van der Waals surface area contributed by atoms with Gasteiger partial charge in [0.15, 0.2) is 11.6 Å². The van der Waals surface area contributed by atoms with Crippen LogP contribution in [0.3, 0.4) is 0 Å². The van der Waals surface area contributed by atoms with Gasteiger partial charge in [-0.25, -0.2) is 4.68 Å². The van der Waals surface area contributed by atoms with Gasteiger partial charge in [-0.05, 0) is 54.8 Å². The van der Waals surface area contributed by atoms with E-state index in [0.29, 0.717) is 21.7 Å². The molecule has 2 atom stereocenters. The van der Waals surface area contributed by atoms with E-state index in [-0.39, 0.29) is 17.6 Å². The summed E-state index contributed by atoms with van der Waals surface area (Å²) in [6, 6.07) is 12.8. The van der Waals surface area contributed by atoms with E-state index in [9.17, 15) is 13.6 Å². The van der Waals surface area contributed by atoms with Crippen LogP contribution in [0.2, 0.25) is 5.02 Å². The molecule has 2 heterocycles. The molecule has 1 aliphatic heterocycles. The first-order valence-corrected chi connectivity index (χ1v) is 12.5. The lowest BCUT2D eigenvalue weighted by Gasteiger charge is -2.34. The zero-order valence-corrected chi connectivity index (χ0v) is 19.7. The van der Waals surface area contributed by atoms with Crippen LogP contribution in [-0.2, 0) is 0 Å². The molecule has 1 N–H and O–H groups in total. The summed E-state index contributed by atoms with van der Waals surface area (Å²) < 4.78 is 31.3. The number of fused-ring (bicyclic) bond motifs is 1.